The summed E-state index contributed by atoms with van der Waals surface area (Å²) in [6.45, 7) is 0.422. The second-order valence-electron chi connectivity index (χ2n) is 10.0. The molecule has 2 aliphatic rings. The zero-order chi connectivity index (χ0) is 27.3. The first-order valence-electron chi connectivity index (χ1n) is 12.7. The SMILES string of the molecule is COC[C@@H]1CC(NC2CCC(O)(c3ccccn3)CC2)CN1C(=O)CNC(=O)c1cccc(C(F)(F)F)c1. The number of rotatable bonds is 8. The van der Waals surface area contributed by atoms with Gasteiger partial charge in [0.1, 0.15) is 5.60 Å². The highest BCUT2D eigenvalue weighted by molar-refractivity contribution is 5.96. The summed E-state index contributed by atoms with van der Waals surface area (Å²) in [6.07, 6.45) is 0.480. The number of hydrogen-bond acceptors (Lipinski definition) is 6. The third kappa shape index (κ3) is 6.69. The van der Waals surface area contributed by atoms with Gasteiger partial charge in [0.2, 0.25) is 5.91 Å². The summed E-state index contributed by atoms with van der Waals surface area (Å²) in [5.41, 5.74) is -1.34. The van der Waals surface area contributed by atoms with E-state index in [4.69, 9.17) is 4.74 Å². The number of pyridine rings is 1. The second kappa shape index (κ2) is 11.8. The fourth-order valence-electron chi connectivity index (χ4n) is 5.38. The number of aliphatic hydroxyl groups is 1. The molecule has 2 fully saturated rings. The summed E-state index contributed by atoms with van der Waals surface area (Å²) in [6, 6.07) is 9.63. The van der Waals surface area contributed by atoms with E-state index in [-0.39, 0.29) is 36.1 Å². The monoisotopic (exact) mass is 534 g/mol. The van der Waals surface area contributed by atoms with E-state index in [1.807, 2.05) is 18.2 Å². The maximum Gasteiger partial charge on any atom is 0.416 e. The molecule has 11 heteroatoms. The van der Waals surface area contributed by atoms with Gasteiger partial charge in [-0.2, -0.15) is 13.2 Å². The fraction of sp³-hybridized carbons (Fsp3) is 0.519. The first kappa shape index (κ1) is 28.0. The van der Waals surface area contributed by atoms with E-state index >= 15 is 0 Å². The number of likely N-dealkylation sites (tertiary alicyclic amines) is 1. The number of amides is 2. The molecule has 8 nitrogen and oxygen atoms in total. The minimum atomic E-state index is -4.56. The van der Waals surface area contributed by atoms with Crippen molar-refractivity contribution in [1.82, 2.24) is 20.5 Å². The Hall–Kier alpha value is -3.02. The van der Waals surface area contributed by atoms with Gasteiger partial charge in [-0.05, 0) is 62.4 Å². The zero-order valence-electron chi connectivity index (χ0n) is 21.2. The van der Waals surface area contributed by atoms with Crippen LogP contribution in [0, 0.1) is 0 Å². The van der Waals surface area contributed by atoms with E-state index in [2.05, 4.69) is 15.6 Å². The van der Waals surface area contributed by atoms with Crippen LogP contribution in [0.25, 0.3) is 0 Å². The Balaban J connectivity index is 1.30. The number of nitrogens with zero attached hydrogens (tertiary/aromatic N) is 2. The highest BCUT2D eigenvalue weighted by Gasteiger charge is 2.39. The van der Waals surface area contributed by atoms with Crippen molar-refractivity contribution in [2.75, 3.05) is 26.8 Å². The maximum atomic E-state index is 13.0. The van der Waals surface area contributed by atoms with Crippen molar-refractivity contribution in [3.05, 3.63) is 65.5 Å². The fourth-order valence-corrected chi connectivity index (χ4v) is 5.38. The Labute approximate surface area is 219 Å². The molecule has 1 saturated heterocycles. The normalized spacial score (nSPS) is 25.8. The highest BCUT2D eigenvalue weighted by Crippen LogP contribution is 2.36. The summed E-state index contributed by atoms with van der Waals surface area (Å²) in [5.74, 6) is -1.07. The van der Waals surface area contributed by atoms with E-state index in [0.29, 0.717) is 38.1 Å². The van der Waals surface area contributed by atoms with Crippen molar-refractivity contribution >= 4 is 11.8 Å². The van der Waals surface area contributed by atoms with Crippen molar-refractivity contribution in [1.29, 1.82) is 0 Å². The van der Waals surface area contributed by atoms with Crippen molar-refractivity contribution in [2.24, 2.45) is 0 Å². The number of hydrogen-bond donors (Lipinski definition) is 3. The second-order valence-corrected chi connectivity index (χ2v) is 10.0. The lowest BCUT2D eigenvalue weighted by atomic mass is 9.79. The van der Waals surface area contributed by atoms with E-state index in [9.17, 15) is 27.9 Å². The van der Waals surface area contributed by atoms with Gasteiger partial charge in [-0.1, -0.05) is 12.1 Å². The summed E-state index contributed by atoms with van der Waals surface area (Å²) in [5, 5.41) is 17.1. The van der Waals surface area contributed by atoms with Crippen molar-refractivity contribution in [2.45, 2.75) is 62.0 Å². The van der Waals surface area contributed by atoms with Gasteiger partial charge < -0.3 is 25.4 Å². The average Bonchev–Trinajstić information content (AvgIpc) is 3.31. The quantitative estimate of drug-likeness (QED) is 0.481. The Morgan fingerprint density at radius 2 is 1.92 bits per heavy atom. The van der Waals surface area contributed by atoms with E-state index in [1.165, 1.54) is 6.07 Å². The van der Waals surface area contributed by atoms with Crippen LogP contribution >= 0.6 is 0 Å². The number of ether oxygens (including phenoxy) is 1. The summed E-state index contributed by atoms with van der Waals surface area (Å²) in [4.78, 5) is 31.4. The third-order valence-corrected chi connectivity index (χ3v) is 7.37. The topological polar surface area (TPSA) is 104 Å². The number of methoxy groups -OCH3 is 1. The molecule has 206 valence electrons. The molecule has 1 aromatic heterocycles. The summed E-state index contributed by atoms with van der Waals surface area (Å²) in [7, 11) is 1.55. The van der Waals surface area contributed by atoms with E-state index in [0.717, 1.165) is 31.0 Å². The van der Waals surface area contributed by atoms with Crippen LogP contribution in [0.5, 0.6) is 0 Å². The van der Waals surface area contributed by atoms with Crippen LogP contribution in [-0.4, -0.2) is 71.7 Å². The molecule has 2 aromatic rings. The molecule has 3 N–H and O–H groups in total. The van der Waals surface area contributed by atoms with Crippen LogP contribution in [0.4, 0.5) is 13.2 Å². The third-order valence-electron chi connectivity index (χ3n) is 7.37. The van der Waals surface area contributed by atoms with E-state index < -0.39 is 23.2 Å². The molecule has 0 bridgehead atoms. The van der Waals surface area contributed by atoms with Crippen molar-refractivity contribution < 1.29 is 32.6 Å². The molecule has 2 atom stereocenters. The Bertz CT molecular complexity index is 1110. The first-order valence-corrected chi connectivity index (χ1v) is 12.7. The largest absolute Gasteiger partial charge is 0.416 e. The van der Waals surface area contributed by atoms with Gasteiger partial charge in [-0.3, -0.25) is 14.6 Å². The number of benzene rings is 1. The lowest BCUT2D eigenvalue weighted by Crippen LogP contribution is -2.47. The number of carbonyl (C=O) groups is 2. The molecule has 1 unspecified atom stereocenters. The van der Waals surface area contributed by atoms with Crippen LogP contribution in [0.1, 0.15) is 53.7 Å². The smallest absolute Gasteiger partial charge is 0.384 e. The van der Waals surface area contributed by atoms with Gasteiger partial charge in [0.15, 0.2) is 0 Å². The Kier molecular flexibility index (Phi) is 8.69. The van der Waals surface area contributed by atoms with Gasteiger partial charge in [0.25, 0.3) is 5.91 Å². The molecule has 1 aromatic carbocycles. The summed E-state index contributed by atoms with van der Waals surface area (Å²) < 4.78 is 44.2. The van der Waals surface area contributed by atoms with Gasteiger partial charge in [-0.15, -0.1) is 0 Å². The molecular weight excluding hydrogens is 501 g/mol. The average molecular weight is 535 g/mol. The number of nitrogens with one attached hydrogen (secondary N) is 2. The maximum absolute atomic E-state index is 13.0. The molecule has 0 spiro atoms. The van der Waals surface area contributed by atoms with Gasteiger partial charge >= 0.3 is 6.18 Å². The predicted molar refractivity (Wildman–Crippen MR) is 133 cm³/mol. The van der Waals surface area contributed by atoms with Crippen LogP contribution in [-0.2, 0) is 21.3 Å². The predicted octanol–water partition coefficient (Wildman–Crippen LogP) is 2.87. The number of halogens is 3. The molecular formula is C27H33F3N4O4. The Morgan fingerprint density at radius 1 is 1.16 bits per heavy atom. The molecule has 38 heavy (non-hydrogen) atoms. The number of aromatic nitrogens is 1. The highest BCUT2D eigenvalue weighted by atomic mass is 19.4. The molecule has 2 heterocycles. The first-order chi connectivity index (χ1) is 18.1. The number of carbonyl (C=O) groups excluding carboxylic acids is 2. The lowest BCUT2D eigenvalue weighted by Gasteiger charge is -2.37. The van der Waals surface area contributed by atoms with Crippen molar-refractivity contribution in [3.63, 3.8) is 0 Å². The molecule has 0 radical (unpaired) electrons. The minimum absolute atomic E-state index is 0.0179. The Morgan fingerprint density at radius 3 is 2.58 bits per heavy atom. The van der Waals surface area contributed by atoms with E-state index in [1.54, 1.807) is 18.2 Å². The molecule has 2 amide bonds. The van der Waals surface area contributed by atoms with Gasteiger partial charge in [-0.25, -0.2) is 0 Å². The molecule has 1 saturated carbocycles. The lowest BCUT2D eigenvalue weighted by molar-refractivity contribution is -0.137. The van der Waals surface area contributed by atoms with Crippen LogP contribution < -0.4 is 10.6 Å². The molecule has 1 aliphatic heterocycles. The molecule has 1 aliphatic carbocycles. The summed E-state index contributed by atoms with van der Waals surface area (Å²) >= 11 is 0. The number of alkyl halides is 3. The van der Waals surface area contributed by atoms with Gasteiger partial charge in [0, 0.05) is 37.5 Å². The van der Waals surface area contributed by atoms with Crippen molar-refractivity contribution in [3.8, 4) is 0 Å². The minimum Gasteiger partial charge on any atom is -0.384 e. The molecule has 4 rings (SSSR count). The van der Waals surface area contributed by atoms with Crippen LogP contribution in [0.3, 0.4) is 0 Å². The van der Waals surface area contributed by atoms with Crippen LogP contribution in [0.15, 0.2) is 48.7 Å². The standard InChI is InChI=1S/C27H33F3N4O4/c1-38-17-22-14-21(33-20-8-10-26(37,11-9-20)23-7-2-3-12-31-23)16-34(22)24(35)15-32-25(36)18-5-4-6-19(13-18)27(28,29)30/h2-7,12-13,20-22,33,37H,8-11,14-17H2,1H3,(H,32,36)/t20?,21?,22-,26?/m0/s1. The van der Waals surface area contributed by atoms with Crippen LogP contribution in [0.2, 0.25) is 0 Å². The zero-order valence-corrected chi connectivity index (χ0v) is 21.2. The van der Waals surface area contributed by atoms with Gasteiger partial charge in [0.05, 0.1) is 30.5 Å².